The number of carbonyl (C=O) groups is 1. The first kappa shape index (κ1) is 18.8. The number of halogens is 1. The van der Waals surface area contributed by atoms with Crippen LogP contribution < -0.4 is 9.64 Å². The fourth-order valence-corrected chi connectivity index (χ4v) is 4.07. The maximum absolute atomic E-state index is 13.4. The monoisotopic (exact) mass is 417 g/mol. The van der Waals surface area contributed by atoms with Crippen LogP contribution in [0.5, 0.6) is 5.75 Å². The summed E-state index contributed by atoms with van der Waals surface area (Å²) in [5.41, 5.74) is 2.99. The van der Waals surface area contributed by atoms with Crippen molar-refractivity contribution in [2.24, 2.45) is 4.99 Å². The third-order valence-corrected chi connectivity index (χ3v) is 5.74. The molecule has 6 heteroatoms. The number of benzene rings is 2. The van der Waals surface area contributed by atoms with Crippen LogP contribution in [0.25, 0.3) is 17.0 Å². The van der Waals surface area contributed by atoms with Crippen molar-refractivity contribution in [3.63, 3.8) is 0 Å². The summed E-state index contributed by atoms with van der Waals surface area (Å²) in [5.74, 6) is 2.27. The Morgan fingerprint density at radius 1 is 1.10 bits per heavy atom. The second kappa shape index (κ2) is 7.58. The number of ketones is 1. The molecule has 2 aliphatic heterocycles. The summed E-state index contributed by atoms with van der Waals surface area (Å²) in [5, 5.41) is 1.57. The van der Waals surface area contributed by atoms with Crippen molar-refractivity contribution in [1.82, 2.24) is 4.98 Å². The lowest BCUT2D eigenvalue weighted by Crippen LogP contribution is -2.38. The van der Waals surface area contributed by atoms with Crippen LogP contribution in [0.1, 0.15) is 28.8 Å². The van der Waals surface area contributed by atoms with Crippen LogP contribution in [0.15, 0.2) is 59.1 Å². The molecule has 0 fully saturated rings. The van der Waals surface area contributed by atoms with E-state index in [-0.39, 0.29) is 5.78 Å². The number of Topliss-reactive ketones (excluding diaryl/α,β-unsaturated/α-hetero) is 1. The highest BCUT2D eigenvalue weighted by atomic mass is 35.5. The molecule has 0 radical (unpaired) electrons. The van der Waals surface area contributed by atoms with Gasteiger partial charge in [0.25, 0.3) is 0 Å². The molecule has 0 atom stereocenters. The summed E-state index contributed by atoms with van der Waals surface area (Å²) in [6.07, 6.45) is 3.90. The van der Waals surface area contributed by atoms with Crippen molar-refractivity contribution in [1.29, 1.82) is 0 Å². The zero-order valence-corrected chi connectivity index (χ0v) is 17.3. The van der Waals surface area contributed by atoms with Crippen molar-refractivity contribution in [3.05, 3.63) is 70.3 Å². The van der Waals surface area contributed by atoms with E-state index in [0.29, 0.717) is 28.5 Å². The highest BCUT2D eigenvalue weighted by Crippen LogP contribution is 2.34. The Bertz CT molecular complexity index is 1220. The minimum Gasteiger partial charge on any atom is -0.497 e. The number of rotatable bonds is 3. The molecule has 2 aromatic carbocycles. The third-order valence-electron chi connectivity index (χ3n) is 5.48. The quantitative estimate of drug-likeness (QED) is 0.551. The zero-order valence-electron chi connectivity index (χ0n) is 16.6. The maximum Gasteiger partial charge on any atom is 0.196 e. The van der Waals surface area contributed by atoms with Gasteiger partial charge in [0.2, 0.25) is 0 Å². The number of aromatic nitrogens is 1. The largest absolute Gasteiger partial charge is 0.497 e. The normalized spacial score (nSPS) is 15.6. The number of methoxy groups -OCH3 is 1. The molecule has 5 rings (SSSR count). The van der Waals surface area contributed by atoms with Crippen molar-refractivity contribution in [3.8, 4) is 5.75 Å². The van der Waals surface area contributed by atoms with E-state index in [0.717, 1.165) is 47.4 Å². The Morgan fingerprint density at radius 3 is 2.73 bits per heavy atom. The zero-order chi connectivity index (χ0) is 20.7. The van der Waals surface area contributed by atoms with Crippen LogP contribution in [-0.4, -0.2) is 36.8 Å². The Hall–Kier alpha value is -3.18. The molecule has 0 N–H and O–H groups in total. The first-order valence-electron chi connectivity index (χ1n) is 9.97. The lowest BCUT2D eigenvalue weighted by Gasteiger charge is -2.30. The lowest BCUT2D eigenvalue weighted by molar-refractivity contribution is 0.104. The Morgan fingerprint density at radius 2 is 1.93 bits per heavy atom. The standard InChI is InChI=1S/C24H20ClN3O2/c1-30-19-8-9-21-16(13-19)12-17-14-20(22(29)15-4-6-18(25)7-5-15)24-26-10-2-3-11-28(24)23(17)27-21/h4-9,12-14H,2-3,10-11H2,1H3. The average Bonchev–Trinajstić information content (AvgIpc) is 3.03. The predicted octanol–water partition coefficient (Wildman–Crippen LogP) is 5.18. The van der Waals surface area contributed by atoms with Gasteiger partial charge in [-0.05, 0) is 67.4 Å². The number of amidine groups is 1. The minimum absolute atomic E-state index is 0.0614. The molecule has 0 spiro atoms. The van der Waals surface area contributed by atoms with Crippen molar-refractivity contribution < 1.29 is 9.53 Å². The molecule has 0 saturated heterocycles. The van der Waals surface area contributed by atoms with Gasteiger partial charge in [-0.15, -0.1) is 0 Å². The van der Waals surface area contributed by atoms with Crippen LogP contribution in [0, 0.1) is 0 Å². The van der Waals surface area contributed by atoms with E-state index in [1.165, 1.54) is 0 Å². The molecule has 150 valence electrons. The molecule has 0 unspecified atom stereocenters. The van der Waals surface area contributed by atoms with Gasteiger partial charge in [-0.1, -0.05) is 11.6 Å². The molecule has 3 heterocycles. The second-order valence-corrected chi connectivity index (χ2v) is 7.85. The van der Waals surface area contributed by atoms with Crippen LogP contribution in [0.3, 0.4) is 0 Å². The summed E-state index contributed by atoms with van der Waals surface area (Å²) < 4.78 is 5.36. The summed E-state index contributed by atoms with van der Waals surface area (Å²) in [6, 6.07) is 14.9. The van der Waals surface area contributed by atoms with Gasteiger partial charge in [0.1, 0.15) is 17.4 Å². The summed E-state index contributed by atoms with van der Waals surface area (Å²) in [7, 11) is 1.65. The number of hydrogen-bond donors (Lipinski definition) is 0. The van der Waals surface area contributed by atoms with Crippen LogP contribution in [0.4, 0.5) is 5.82 Å². The van der Waals surface area contributed by atoms with Gasteiger partial charge < -0.3 is 9.64 Å². The highest BCUT2D eigenvalue weighted by molar-refractivity contribution is 6.35. The molecule has 30 heavy (non-hydrogen) atoms. The molecule has 0 aliphatic carbocycles. The molecule has 1 aromatic heterocycles. The van der Waals surface area contributed by atoms with Gasteiger partial charge in [0.05, 0.1) is 18.2 Å². The fourth-order valence-electron chi connectivity index (χ4n) is 3.95. The smallest absolute Gasteiger partial charge is 0.196 e. The van der Waals surface area contributed by atoms with Gasteiger partial charge in [-0.25, -0.2) is 4.98 Å². The number of nitrogens with zero attached hydrogens (tertiary/aromatic N) is 3. The fraction of sp³-hybridized carbons (Fsp3) is 0.208. The number of aliphatic imine (C=N–C) groups is 1. The highest BCUT2D eigenvalue weighted by Gasteiger charge is 2.31. The summed E-state index contributed by atoms with van der Waals surface area (Å²) in [4.78, 5) is 25.2. The van der Waals surface area contributed by atoms with Crippen LogP contribution in [0.2, 0.25) is 5.02 Å². The molecule has 0 saturated carbocycles. The van der Waals surface area contributed by atoms with E-state index in [1.807, 2.05) is 24.3 Å². The van der Waals surface area contributed by atoms with Gasteiger partial charge in [0, 0.05) is 34.6 Å². The first-order valence-corrected chi connectivity index (χ1v) is 10.3. The second-order valence-electron chi connectivity index (χ2n) is 7.42. The maximum atomic E-state index is 13.4. The molecular formula is C24H20ClN3O2. The third kappa shape index (κ3) is 3.25. The minimum atomic E-state index is -0.0614. The van der Waals surface area contributed by atoms with Crippen LogP contribution in [-0.2, 0) is 0 Å². The molecule has 0 amide bonds. The number of ether oxygens (including phenoxy) is 1. The Balaban J connectivity index is 1.69. The number of carbonyl (C=O) groups excluding carboxylic acids is 1. The van der Waals surface area contributed by atoms with E-state index < -0.39 is 0 Å². The number of hydrogen-bond acceptors (Lipinski definition) is 5. The van der Waals surface area contributed by atoms with E-state index >= 15 is 0 Å². The molecule has 5 nitrogen and oxygen atoms in total. The van der Waals surface area contributed by atoms with E-state index in [4.69, 9.17) is 26.3 Å². The average molecular weight is 418 g/mol. The topological polar surface area (TPSA) is 54.8 Å². The van der Waals surface area contributed by atoms with Gasteiger partial charge in [0.15, 0.2) is 5.78 Å². The number of anilines is 1. The van der Waals surface area contributed by atoms with Gasteiger partial charge in [-0.2, -0.15) is 0 Å². The lowest BCUT2D eigenvalue weighted by atomic mass is 9.95. The molecule has 3 aromatic rings. The molecular weight excluding hydrogens is 398 g/mol. The van der Waals surface area contributed by atoms with E-state index in [9.17, 15) is 4.79 Å². The number of fused-ring (bicyclic) bond motifs is 4. The van der Waals surface area contributed by atoms with E-state index in [2.05, 4.69) is 11.0 Å². The molecule has 2 aliphatic rings. The predicted molar refractivity (Wildman–Crippen MR) is 121 cm³/mol. The van der Waals surface area contributed by atoms with Crippen LogP contribution >= 0.6 is 11.6 Å². The van der Waals surface area contributed by atoms with Gasteiger partial charge >= 0.3 is 0 Å². The first-order chi connectivity index (χ1) is 14.6. The van der Waals surface area contributed by atoms with E-state index in [1.54, 1.807) is 31.4 Å². The van der Waals surface area contributed by atoms with Crippen molar-refractivity contribution in [2.75, 3.05) is 25.1 Å². The summed E-state index contributed by atoms with van der Waals surface area (Å²) >= 11 is 6.01. The Kier molecular flexibility index (Phi) is 4.75. The SMILES string of the molecule is COc1ccc2nc3c(cc2c1)C=C(C(=O)c1ccc(Cl)cc1)C1=NCCCCN13. The van der Waals surface area contributed by atoms with Crippen molar-refractivity contribution >= 4 is 46.0 Å². The molecule has 0 bridgehead atoms. The Labute approximate surface area is 179 Å². The van der Waals surface area contributed by atoms with Gasteiger partial charge in [-0.3, -0.25) is 9.79 Å². The summed E-state index contributed by atoms with van der Waals surface area (Å²) in [6.45, 7) is 1.49. The van der Waals surface area contributed by atoms with Crippen molar-refractivity contribution in [2.45, 2.75) is 12.8 Å². The number of pyridine rings is 1.